The molecule has 124 valence electrons. The van der Waals surface area contributed by atoms with Crippen LogP contribution >= 0.6 is 11.3 Å². The molecule has 1 aliphatic rings. The summed E-state index contributed by atoms with van der Waals surface area (Å²) in [6.45, 7) is 1.88. The van der Waals surface area contributed by atoms with Crippen molar-refractivity contribution in [2.45, 2.75) is 11.8 Å². The highest BCUT2D eigenvalue weighted by Gasteiger charge is 2.23. The van der Waals surface area contributed by atoms with Gasteiger partial charge in [-0.05, 0) is 25.1 Å². The molecule has 0 fully saturated rings. The molecule has 0 radical (unpaired) electrons. The van der Waals surface area contributed by atoms with E-state index in [-0.39, 0.29) is 11.7 Å². The van der Waals surface area contributed by atoms with E-state index in [4.69, 9.17) is 14.0 Å². The van der Waals surface area contributed by atoms with E-state index >= 15 is 0 Å². The van der Waals surface area contributed by atoms with Crippen molar-refractivity contribution in [1.29, 1.82) is 0 Å². The quantitative estimate of drug-likeness (QED) is 0.764. The third-order valence-corrected chi connectivity index (χ3v) is 6.17. The summed E-state index contributed by atoms with van der Waals surface area (Å²) in [5, 5.41) is 3.64. The minimum atomic E-state index is -3.73. The zero-order valence-electron chi connectivity index (χ0n) is 12.5. The summed E-state index contributed by atoms with van der Waals surface area (Å²) in [6.07, 6.45) is 1.52. The number of aromatic nitrogens is 1. The number of aryl methyl sites for hydroxylation is 1. The van der Waals surface area contributed by atoms with Crippen molar-refractivity contribution in [3.8, 4) is 22.1 Å². The fourth-order valence-electron chi connectivity index (χ4n) is 2.37. The van der Waals surface area contributed by atoms with Crippen molar-refractivity contribution in [3.63, 3.8) is 0 Å². The van der Waals surface area contributed by atoms with Crippen LogP contribution in [-0.4, -0.2) is 20.4 Å². The molecule has 4 rings (SSSR count). The van der Waals surface area contributed by atoms with Gasteiger partial charge in [-0.1, -0.05) is 5.16 Å². The van der Waals surface area contributed by atoms with Crippen LogP contribution in [0.2, 0.25) is 0 Å². The molecule has 9 heteroatoms. The Balaban J connectivity index is 1.66. The molecule has 24 heavy (non-hydrogen) atoms. The van der Waals surface area contributed by atoms with Gasteiger partial charge < -0.3 is 14.0 Å². The lowest BCUT2D eigenvalue weighted by molar-refractivity contribution is 0.174. The maximum atomic E-state index is 12.7. The molecule has 0 unspecified atom stereocenters. The number of nitrogens with zero attached hydrogens (tertiary/aromatic N) is 1. The van der Waals surface area contributed by atoms with Crippen molar-refractivity contribution < 1.29 is 22.4 Å². The second-order valence-corrected chi connectivity index (χ2v) is 7.99. The van der Waals surface area contributed by atoms with Gasteiger partial charge in [-0.2, -0.15) is 0 Å². The van der Waals surface area contributed by atoms with Crippen LogP contribution in [0.5, 0.6) is 11.5 Å². The fraction of sp³-hybridized carbons (Fsp3) is 0.133. The molecular weight excluding hydrogens is 352 g/mol. The molecule has 1 aliphatic heterocycles. The summed E-state index contributed by atoms with van der Waals surface area (Å²) in [7, 11) is -3.73. The van der Waals surface area contributed by atoms with Crippen molar-refractivity contribution >= 4 is 27.0 Å². The molecule has 0 aliphatic carbocycles. The lowest BCUT2D eigenvalue weighted by atomic mass is 10.3. The zero-order valence-corrected chi connectivity index (χ0v) is 14.1. The molecule has 0 saturated carbocycles. The first-order valence-electron chi connectivity index (χ1n) is 6.97. The van der Waals surface area contributed by atoms with E-state index in [2.05, 4.69) is 9.88 Å². The first kappa shape index (κ1) is 15.0. The number of hydrogen-bond acceptors (Lipinski definition) is 7. The molecule has 0 saturated heterocycles. The Morgan fingerprint density at radius 1 is 1.17 bits per heavy atom. The van der Waals surface area contributed by atoms with Gasteiger partial charge in [0.05, 0.1) is 16.8 Å². The Hall–Kier alpha value is -2.52. The van der Waals surface area contributed by atoms with Gasteiger partial charge in [0, 0.05) is 17.0 Å². The van der Waals surface area contributed by atoms with Crippen LogP contribution in [0.15, 0.2) is 45.9 Å². The smallest absolute Gasteiger partial charge is 0.263 e. The minimum absolute atomic E-state index is 0.135. The van der Waals surface area contributed by atoms with E-state index in [1.807, 2.05) is 0 Å². The molecule has 0 spiro atoms. The molecule has 7 nitrogen and oxygen atoms in total. The molecule has 3 aromatic rings. The molecule has 3 heterocycles. The number of benzene rings is 1. The van der Waals surface area contributed by atoms with Crippen LogP contribution in [0, 0.1) is 6.92 Å². The van der Waals surface area contributed by atoms with Gasteiger partial charge in [0.25, 0.3) is 10.0 Å². The Morgan fingerprint density at radius 3 is 2.79 bits per heavy atom. The van der Waals surface area contributed by atoms with Gasteiger partial charge in [0.1, 0.15) is 4.90 Å². The number of anilines is 1. The van der Waals surface area contributed by atoms with Gasteiger partial charge in [-0.25, -0.2) is 8.42 Å². The average Bonchev–Trinajstić information content (AvgIpc) is 3.26. The standard InChI is InChI=1S/C15H12N2O5S2/c1-9-15(7-14(23-9)12-4-5-16-22-12)24(18,19)17-10-2-3-11-13(6-10)21-8-20-11/h2-7,17H,8H2,1H3. The first-order chi connectivity index (χ1) is 11.5. The summed E-state index contributed by atoms with van der Waals surface area (Å²) in [5.41, 5.74) is 0.408. The lowest BCUT2D eigenvalue weighted by Crippen LogP contribution is -2.13. The van der Waals surface area contributed by atoms with Crippen molar-refractivity contribution in [2.75, 3.05) is 11.5 Å². The van der Waals surface area contributed by atoms with Gasteiger partial charge in [-0.15, -0.1) is 11.3 Å². The third kappa shape index (κ3) is 2.61. The number of rotatable bonds is 4. The Labute approximate surface area is 141 Å². The molecular formula is C15H12N2O5S2. The van der Waals surface area contributed by atoms with E-state index in [9.17, 15) is 8.42 Å². The van der Waals surface area contributed by atoms with E-state index < -0.39 is 10.0 Å². The highest BCUT2D eigenvalue weighted by molar-refractivity contribution is 7.93. The predicted molar refractivity (Wildman–Crippen MR) is 87.9 cm³/mol. The second-order valence-electron chi connectivity index (χ2n) is 5.08. The van der Waals surface area contributed by atoms with E-state index in [1.54, 1.807) is 37.3 Å². The lowest BCUT2D eigenvalue weighted by Gasteiger charge is -2.08. The van der Waals surface area contributed by atoms with Crippen LogP contribution in [0.4, 0.5) is 5.69 Å². The van der Waals surface area contributed by atoms with Gasteiger partial charge in [0.15, 0.2) is 17.3 Å². The SMILES string of the molecule is Cc1sc(-c2ccno2)cc1S(=O)(=O)Nc1ccc2c(c1)OCO2. The number of ether oxygens (including phenoxy) is 2. The maximum Gasteiger partial charge on any atom is 0.263 e. The number of thiophene rings is 1. The van der Waals surface area contributed by atoms with E-state index in [0.29, 0.717) is 32.7 Å². The number of sulfonamides is 1. The Kier molecular flexibility index (Phi) is 3.47. The first-order valence-corrected chi connectivity index (χ1v) is 9.27. The largest absolute Gasteiger partial charge is 0.454 e. The molecule has 0 atom stereocenters. The molecule has 0 bridgehead atoms. The number of hydrogen-bond donors (Lipinski definition) is 1. The minimum Gasteiger partial charge on any atom is -0.454 e. The number of nitrogens with one attached hydrogen (secondary N) is 1. The van der Waals surface area contributed by atoms with Crippen LogP contribution in [0.1, 0.15) is 4.88 Å². The van der Waals surface area contributed by atoms with Crippen LogP contribution in [0.25, 0.3) is 10.6 Å². The maximum absolute atomic E-state index is 12.7. The Morgan fingerprint density at radius 2 is 2.00 bits per heavy atom. The summed E-state index contributed by atoms with van der Waals surface area (Å²) in [4.78, 5) is 1.57. The molecule has 1 N–H and O–H groups in total. The summed E-state index contributed by atoms with van der Waals surface area (Å²) >= 11 is 1.33. The highest BCUT2D eigenvalue weighted by atomic mass is 32.2. The third-order valence-electron chi connectivity index (χ3n) is 3.47. The van der Waals surface area contributed by atoms with Gasteiger partial charge >= 0.3 is 0 Å². The topological polar surface area (TPSA) is 90.7 Å². The van der Waals surface area contributed by atoms with Gasteiger partial charge in [0.2, 0.25) is 6.79 Å². The van der Waals surface area contributed by atoms with Crippen LogP contribution < -0.4 is 14.2 Å². The van der Waals surface area contributed by atoms with Crippen LogP contribution in [-0.2, 0) is 10.0 Å². The monoisotopic (exact) mass is 364 g/mol. The van der Waals surface area contributed by atoms with E-state index in [0.717, 1.165) is 0 Å². The molecule has 2 aromatic heterocycles. The average molecular weight is 364 g/mol. The predicted octanol–water partition coefficient (Wildman–Crippen LogP) is 3.24. The zero-order chi connectivity index (χ0) is 16.7. The van der Waals surface area contributed by atoms with Gasteiger partial charge in [-0.3, -0.25) is 4.72 Å². The van der Waals surface area contributed by atoms with Crippen molar-refractivity contribution in [2.24, 2.45) is 0 Å². The second kappa shape index (κ2) is 5.53. The highest BCUT2D eigenvalue weighted by Crippen LogP contribution is 2.37. The molecule has 1 aromatic carbocycles. The van der Waals surface area contributed by atoms with Crippen molar-refractivity contribution in [1.82, 2.24) is 5.16 Å². The molecule has 0 amide bonds. The van der Waals surface area contributed by atoms with Crippen molar-refractivity contribution in [3.05, 3.63) is 41.4 Å². The normalized spacial score (nSPS) is 13.2. The Bertz CT molecular complexity index is 993. The summed E-state index contributed by atoms with van der Waals surface area (Å²) < 4.78 is 43.5. The van der Waals surface area contributed by atoms with Crippen LogP contribution in [0.3, 0.4) is 0 Å². The summed E-state index contributed by atoms with van der Waals surface area (Å²) in [5.74, 6) is 1.64. The van der Waals surface area contributed by atoms with E-state index in [1.165, 1.54) is 17.5 Å². The fourth-order valence-corrected chi connectivity index (χ4v) is 4.97. The summed E-state index contributed by atoms with van der Waals surface area (Å²) in [6, 6.07) is 8.16. The number of fused-ring (bicyclic) bond motifs is 1.